The monoisotopic (exact) mass is 273 g/mol. The first-order chi connectivity index (χ1) is 8.91. The number of carboxylic acid groups (broad SMARTS) is 1. The summed E-state index contributed by atoms with van der Waals surface area (Å²) in [7, 11) is 0. The molecular weight excluding hydrogens is 254 g/mol. The fourth-order valence-corrected chi connectivity index (χ4v) is 2.23. The third-order valence-corrected chi connectivity index (χ3v) is 3.16. The number of nitrogens with two attached hydrogens (primary N) is 1. The van der Waals surface area contributed by atoms with Gasteiger partial charge in [-0.15, -0.1) is 0 Å². The van der Waals surface area contributed by atoms with Crippen LogP contribution >= 0.6 is 0 Å². The summed E-state index contributed by atoms with van der Waals surface area (Å²) in [5.41, 5.74) is 4.80. The Morgan fingerprint density at radius 3 is 2.37 bits per heavy atom. The van der Waals surface area contributed by atoms with Gasteiger partial charge in [0.05, 0.1) is 11.8 Å². The summed E-state index contributed by atoms with van der Waals surface area (Å²) in [5, 5.41) is 9.07. The van der Waals surface area contributed by atoms with Gasteiger partial charge in [0.2, 0.25) is 0 Å². The first-order valence-electron chi connectivity index (χ1n) is 6.27. The van der Waals surface area contributed by atoms with Gasteiger partial charge in [0.25, 0.3) is 0 Å². The largest absolute Gasteiger partial charge is 0.481 e. The molecule has 1 saturated carbocycles. The number of carbonyl (C=O) groups is 3. The molecule has 3 unspecified atom stereocenters. The molecule has 0 aromatic carbocycles. The second-order valence-corrected chi connectivity index (χ2v) is 4.71. The third-order valence-electron chi connectivity index (χ3n) is 3.16. The van der Waals surface area contributed by atoms with E-state index in [1.165, 1.54) is 0 Å². The predicted octanol–water partition coefficient (Wildman–Crippen LogP) is 0.904. The van der Waals surface area contributed by atoms with E-state index in [1.54, 1.807) is 6.92 Å². The lowest BCUT2D eigenvalue weighted by Gasteiger charge is -2.27. The van der Waals surface area contributed by atoms with Gasteiger partial charge >= 0.3 is 18.0 Å². The first kappa shape index (κ1) is 15.3. The van der Waals surface area contributed by atoms with Gasteiger partial charge in [-0.2, -0.15) is 0 Å². The zero-order valence-electron chi connectivity index (χ0n) is 10.8. The van der Waals surface area contributed by atoms with Crippen molar-refractivity contribution in [3.63, 3.8) is 0 Å². The standard InChI is InChI=1S/C12H19NO6/c1-7(6-18-12(13)17)19-11(16)9-5-3-2-4-8(9)10(14)15/h7-9H,2-6H2,1H3,(H2,13,17)(H,14,15). The number of carboxylic acids is 1. The highest BCUT2D eigenvalue weighted by atomic mass is 16.6. The van der Waals surface area contributed by atoms with Gasteiger partial charge in [-0.05, 0) is 19.8 Å². The average Bonchev–Trinajstić information content (AvgIpc) is 2.36. The molecule has 7 heteroatoms. The van der Waals surface area contributed by atoms with Crippen LogP contribution in [0.25, 0.3) is 0 Å². The second-order valence-electron chi connectivity index (χ2n) is 4.71. The Bertz CT molecular complexity index is 356. The first-order valence-corrected chi connectivity index (χ1v) is 6.27. The van der Waals surface area contributed by atoms with Crippen molar-refractivity contribution in [1.29, 1.82) is 0 Å². The molecule has 1 rings (SSSR count). The van der Waals surface area contributed by atoms with Crippen LogP contribution in [0.15, 0.2) is 0 Å². The van der Waals surface area contributed by atoms with Gasteiger partial charge in [0.15, 0.2) is 0 Å². The Kier molecular flexibility index (Phi) is 5.59. The third kappa shape index (κ3) is 4.76. The number of aliphatic carboxylic acids is 1. The van der Waals surface area contributed by atoms with Crippen molar-refractivity contribution in [2.24, 2.45) is 17.6 Å². The van der Waals surface area contributed by atoms with E-state index < -0.39 is 36.0 Å². The number of hydrogen-bond donors (Lipinski definition) is 2. The summed E-state index contributed by atoms with van der Waals surface area (Å²) in [5.74, 6) is -2.83. The minimum Gasteiger partial charge on any atom is -0.481 e. The van der Waals surface area contributed by atoms with Crippen LogP contribution in [0.4, 0.5) is 4.79 Å². The van der Waals surface area contributed by atoms with Crippen LogP contribution in [0, 0.1) is 11.8 Å². The number of esters is 1. The van der Waals surface area contributed by atoms with Gasteiger partial charge in [-0.25, -0.2) is 4.79 Å². The zero-order valence-corrected chi connectivity index (χ0v) is 10.8. The molecule has 1 aliphatic rings. The molecule has 19 heavy (non-hydrogen) atoms. The van der Waals surface area contributed by atoms with Gasteiger partial charge in [0.1, 0.15) is 12.7 Å². The summed E-state index contributed by atoms with van der Waals surface area (Å²) in [4.78, 5) is 33.4. The summed E-state index contributed by atoms with van der Waals surface area (Å²) >= 11 is 0. The summed E-state index contributed by atoms with van der Waals surface area (Å²) < 4.78 is 9.60. The smallest absolute Gasteiger partial charge is 0.404 e. The van der Waals surface area contributed by atoms with Crippen molar-refractivity contribution in [2.75, 3.05) is 6.61 Å². The number of primary amides is 1. The molecule has 0 heterocycles. The van der Waals surface area contributed by atoms with Crippen LogP contribution in [-0.4, -0.2) is 35.8 Å². The minimum atomic E-state index is -0.970. The van der Waals surface area contributed by atoms with Crippen LogP contribution in [0.2, 0.25) is 0 Å². The highest BCUT2D eigenvalue weighted by Gasteiger charge is 2.37. The van der Waals surface area contributed by atoms with Crippen LogP contribution in [0.5, 0.6) is 0 Å². The Balaban J connectivity index is 2.50. The maximum atomic E-state index is 11.9. The summed E-state index contributed by atoms with van der Waals surface area (Å²) in [6, 6.07) is 0. The van der Waals surface area contributed by atoms with Gasteiger partial charge in [-0.3, -0.25) is 9.59 Å². The number of rotatable bonds is 5. The number of hydrogen-bond acceptors (Lipinski definition) is 5. The van der Waals surface area contributed by atoms with Crippen LogP contribution < -0.4 is 5.73 Å². The topological polar surface area (TPSA) is 116 Å². The van der Waals surface area contributed by atoms with E-state index in [9.17, 15) is 14.4 Å². The molecule has 0 radical (unpaired) electrons. The van der Waals surface area contributed by atoms with E-state index in [1.807, 2.05) is 0 Å². The molecule has 0 aliphatic heterocycles. The molecule has 3 atom stereocenters. The lowest BCUT2D eigenvalue weighted by molar-refractivity contribution is -0.164. The van der Waals surface area contributed by atoms with Gasteiger partial charge in [-0.1, -0.05) is 12.8 Å². The maximum absolute atomic E-state index is 11.9. The molecular formula is C12H19NO6. The van der Waals surface area contributed by atoms with Crippen molar-refractivity contribution < 1.29 is 29.0 Å². The average molecular weight is 273 g/mol. The van der Waals surface area contributed by atoms with E-state index in [-0.39, 0.29) is 6.61 Å². The molecule has 1 amide bonds. The second kappa shape index (κ2) is 6.96. The van der Waals surface area contributed by atoms with Crippen molar-refractivity contribution in [1.82, 2.24) is 0 Å². The minimum absolute atomic E-state index is 0.133. The summed E-state index contributed by atoms with van der Waals surface area (Å²) in [6.45, 7) is 1.42. The van der Waals surface area contributed by atoms with Crippen LogP contribution in [-0.2, 0) is 19.1 Å². The van der Waals surface area contributed by atoms with Crippen molar-refractivity contribution in [2.45, 2.75) is 38.7 Å². The molecule has 1 aliphatic carbocycles. The molecule has 0 spiro atoms. The Morgan fingerprint density at radius 1 is 1.26 bits per heavy atom. The maximum Gasteiger partial charge on any atom is 0.404 e. The van der Waals surface area contributed by atoms with Crippen LogP contribution in [0.1, 0.15) is 32.6 Å². The van der Waals surface area contributed by atoms with Crippen molar-refractivity contribution in [3.8, 4) is 0 Å². The highest BCUT2D eigenvalue weighted by molar-refractivity contribution is 5.81. The predicted molar refractivity (Wildman–Crippen MR) is 64.2 cm³/mol. The van der Waals surface area contributed by atoms with Crippen molar-refractivity contribution >= 4 is 18.0 Å². The highest BCUT2D eigenvalue weighted by Crippen LogP contribution is 2.31. The lowest BCUT2D eigenvalue weighted by Crippen LogP contribution is -2.36. The lowest BCUT2D eigenvalue weighted by atomic mass is 9.79. The van der Waals surface area contributed by atoms with E-state index in [0.717, 1.165) is 12.8 Å². The van der Waals surface area contributed by atoms with E-state index >= 15 is 0 Å². The molecule has 7 nitrogen and oxygen atoms in total. The normalized spacial score (nSPS) is 24.3. The molecule has 3 N–H and O–H groups in total. The molecule has 0 saturated heterocycles. The van der Waals surface area contributed by atoms with Crippen molar-refractivity contribution in [3.05, 3.63) is 0 Å². The molecule has 0 aromatic heterocycles. The fraction of sp³-hybridized carbons (Fsp3) is 0.750. The zero-order chi connectivity index (χ0) is 14.4. The molecule has 108 valence electrons. The Hall–Kier alpha value is -1.79. The van der Waals surface area contributed by atoms with E-state index in [4.69, 9.17) is 15.6 Å². The molecule has 0 aromatic rings. The quantitative estimate of drug-likeness (QED) is 0.719. The number of amides is 1. The Morgan fingerprint density at radius 2 is 1.84 bits per heavy atom. The van der Waals surface area contributed by atoms with E-state index in [2.05, 4.69) is 4.74 Å². The SMILES string of the molecule is CC(COC(N)=O)OC(=O)C1CCCCC1C(=O)O. The Labute approximate surface area is 111 Å². The van der Waals surface area contributed by atoms with E-state index in [0.29, 0.717) is 12.8 Å². The van der Waals surface area contributed by atoms with Gasteiger partial charge < -0.3 is 20.3 Å². The number of ether oxygens (including phenoxy) is 2. The van der Waals surface area contributed by atoms with Crippen LogP contribution in [0.3, 0.4) is 0 Å². The molecule has 1 fully saturated rings. The summed E-state index contributed by atoms with van der Waals surface area (Å²) in [6.07, 6.45) is 1.04. The molecule has 0 bridgehead atoms. The number of carbonyl (C=O) groups excluding carboxylic acids is 2. The van der Waals surface area contributed by atoms with Gasteiger partial charge in [0, 0.05) is 0 Å². The fourth-order valence-electron chi connectivity index (χ4n) is 2.23.